The van der Waals surface area contributed by atoms with Gasteiger partial charge in [0.15, 0.2) is 0 Å². The van der Waals surface area contributed by atoms with Crippen LogP contribution in [-0.4, -0.2) is 0 Å². The minimum absolute atomic E-state index is 0. The van der Waals surface area contributed by atoms with E-state index in [9.17, 15) is 0 Å². The Balaban J connectivity index is -0.00000000500. The average molecular weight is 106 g/mol. The Bertz CT molecular complexity index is 8.00. The molecule has 0 aromatic carbocycles. The minimum Gasteiger partial charge on any atom is -1.00 e. The molecule has 0 fully saturated rings. The molecule has 0 aliphatic rings. The normalized spacial score (nSPS) is 1.00. The van der Waals surface area contributed by atoms with Crippen molar-refractivity contribution in [2.24, 2.45) is 0 Å². The van der Waals surface area contributed by atoms with Crippen LogP contribution >= 0.6 is 8.02 Å². The molecule has 0 aliphatic carbocycles. The van der Waals surface area contributed by atoms with E-state index in [1.54, 1.807) is 0 Å². The quantitative estimate of drug-likeness (QED) is 0.219. The van der Waals surface area contributed by atoms with Gasteiger partial charge in [-0.15, -0.1) is 0 Å². The maximum absolute atomic E-state index is 3.89. The van der Waals surface area contributed by atoms with Crippen LogP contribution in [0.1, 0.15) is 0 Å². The van der Waals surface area contributed by atoms with Gasteiger partial charge in [-0.05, 0) is 8.02 Å². The van der Waals surface area contributed by atoms with Gasteiger partial charge < -0.3 is 12.4 Å². The maximum Gasteiger partial charge on any atom is 1.00 e. The zero-order valence-corrected chi connectivity index (χ0v) is 4.86. The summed E-state index contributed by atoms with van der Waals surface area (Å²) >= 11 is 3.89. The molecule has 4 heavy (non-hydrogen) atoms. The van der Waals surface area contributed by atoms with Crippen LogP contribution in [0.2, 0.25) is 0 Å². The van der Waals surface area contributed by atoms with Crippen molar-refractivity contribution < 1.29 is 31.3 Å². The van der Waals surface area contributed by atoms with Gasteiger partial charge in [0.2, 0.25) is 0 Å². The van der Waals surface area contributed by atoms with Crippen molar-refractivity contribution in [1.82, 2.24) is 0 Å². The third-order valence-corrected chi connectivity index (χ3v) is 0. The van der Waals surface area contributed by atoms with E-state index in [2.05, 4.69) is 19.8 Å². The van der Waals surface area contributed by atoms with Gasteiger partial charge in [0.1, 0.15) is 0 Å². The van der Waals surface area contributed by atoms with Crippen LogP contribution in [0.15, 0.2) is 0 Å². The molecule has 0 spiro atoms. The molecule has 0 aromatic rings. The third-order valence-electron chi connectivity index (χ3n) is 0. The SMILES string of the molecule is P=S.[Cl-].[Li+]. The number of hydrogen-bond donors (Lipinski definition) is 0. The zero-order valence-electron chi connectivity index (χ0n) is 2.29. The maximum atomic E-state index is 3.89. The molecule has 0 saturated heterocycles. The van der Waals surface area contributed by atoms with E-state index in [1.165, 1.54) is 0 Å². The van der Waals surface area contributed by atoms with Gasteiger partial charge in [0, 0.05) is 0 Å². The molecule has 0 saturated carbocycles. The molecule has 0 heterocycles. The van der Waals surface area contributed by atoms with E-state index in [0.717, 1.165) is 0 Å². The first-order valence-corrected chi connectivity index (χ1v) is 1.84. The van der Waals surface area contributed by atoms with Crippen LogP contribution in [0.5, 0.6) is 0 Å². The standard InChI is InChI=1S/ClH.Li.HPS/c;;1-2/h1H;;1H/q;+1;/p-1. The Hall–Kier alpha value is 1.41. The summed E-state index contributed by atoms with van der Waals surface area (Å²) in [7, 11) is 2.56. The van der Waals surface area contributed by atoms with Crippen LogP contribution in [0, 0.1) is 0 Å². The topological polar surface area (TPSA) is 0 Å². The fourth-order valence-corrected chi connectivity index (χ4v) is 0. The van der Waals surface area contributed by atoms with Crippen LogP contribution in [0.4, 0.5) is 0 Å². The fourth-order valence-electron chi connectivity index (χ4n) is 0. The van der Waals surface area contributed by atoms with Gasteiger partial charge in [-0.2, -0.15) is 0 Å². The molecule has 0 nitrogen and oxygen atoms in total. The number of halogens is 1. The summed E-state index contributed by atoms with van der Waals surface area (Å²) in [5, 5.41) is 0. The van der Waals surface area contributed by atoms with E-state index in [-0.39, 0.29) is 31.3 Å². The van der Waals surface area contributed by atoms with Gasteiger partial charge in [-0.3, -0.25) is 0 Å². The summed E-state index contributed by atoms with van der Waals surface area (Å²) < 4.78 is 0. The van der Waals surface area contributed by atoms with E-state index in [1.807, 2.05) is 0 Å². The predicted molar refractivity (Wildman–Crippen MR) is 15.7 cm³/mol. The number of rotatable bonds is 0. The molecule has 0 N–H and O–H groups in total. The van der Waals surface area contributed by atoms with Crippen LogP contribution in [-0.2, 0) is 11.8 Å². The molecular formula is HClLiPS. The van der Waals surface area contributed by atoms with E-state index >= 15 is 0 Å². The molecule has 0 amide bonds. The summed E-state index contributed by atoms with van der Waals surface area (Å²) in [6.45, 7) is 0. The van der Waals surface area contributed by atoms with Crippen LogP contribution < -0.4 is 31.3 Å². The first-order valence-electron chi connectivity index (χ1n) is 0.204. The molecule has 0 radical (unpaired) electrons. The van der Waals surface area contributed by atoms with Gasteiger partial charge in [0.05, 0.1) is 0 Å². The molecular weight excluding hydrogens is 105 g/mol. The van der Waals surface area contributed by atoms with Gasteiger partial charge in [-0.1, -0.05) is 11.8 Å². The Kier molecular flexibility index (Phi) is 117. The number of hydrogen-bond acceptors (Lipinski definition) is 1. The van der Waals surface area contributed by atoms with Crippen molar-refractivity contribution in [1.29, 1.82) is 0 Å². The van der Waals surface area contributed by atoms with Crippen molar-refractivity contribution in [2.75, 3.05) is 0 Å². The van der Waals surface area contributed by atoms with Crippen molar-refractivity contribution in [3.05, 3.63) is 0 Å². The Labute approximate surface area is 51.2 Å². The van der Waals surface area contributed by atoms with E-state index < -0.39 is 0 Å². The smallest absolute Gasteiger partial charge is 1.00 e. The molecule has 0 bridgehead atoms. The second kappa shape index (κ2) is 25.8. The largest absolute Gasteiger partial charge is 1.00 e. The molecule has 4 heteroatoms. The first-order chi connectivity index (χ1) is 1.00. The van der Waals surface area contributed by atoms with Gasteiger partial charge >= 0.3 is 18.9 Å². The molecule has 0 aromatic heterocycles. The van der Waals surface area contributed by atoms with Crippen molar-refractivity contribution >= 4 is 19.8 Å². The van der Waals surface area contributed by atoms with Gasteiger partial charge in [-0.25, -0.2) is 0 Å². The second-order valence-corrected chi connectivity index (χ2v) is 0. The average Bonchev–Trinajstić information content (AvgIpc) is 1.00. The first kappa shape index (κ1) is 18.1. The fraction of sp³-hybridized carbons (Fsp3) is 0. The predicted octanol–water partition coefficient (Wildman–Crippen LogP) is -5.40. The second-order valence-electron chi connectivity index (χ2n) is 0. The summed E-state index contributed by atoms with van der Waals surface area (Å²) in [4.78, 5) is 0. The Morgan fingerprint density at radius 2 is 1.25 bits per heavy atom. The molecule has 0 rings (SSSR count). The van der Waals surface area contributed by atoms with E-state index in [0.29, 0.717) is 0 Å². The van der Waals surface area contributed by atoms with Crippen LogP contribution in [0.25, 0.3) is 0 Å². The summed E-state index contributed by atoms with van der Waals surface area (Å²) in [5.74, 6) is 0. The molecule has 0 aliphatic heterocycles. The minimum atomic E-state index is 0. The van der Waals surface area contributed by atoms with Crippen molar-refractivity contribution in [2.45, 2.75) is 0 Å². The third kappa shape index (κ3) is 9.97. The van der Waals surface area contributed by atoms with Crippen LogP contribution in [0.3, 0.4) is 0 Å². The monoisotopic (exact) mass is 106 g/mol. The van der Waals surface area contributed by atoms with E-state index in [4.69, 9.17) is 0 Å². The van der Waals surface area contributed by atoms with Crippen molar-refractivity contribution in [3.63, 3.8) is 0 Å². The summed E-state index contributed by atoms with van der Waals surface area (Å²) in [6.07, 6.45) is 0. The Morgan fingerprint density at radius 3 is 1.25 bits per heavy atom. The molecule has 20 valence electrons. The molecule has 0 unspecified atom stereocenters. The summed E-state index contributed by atoms with van der Waals surface area (Å²) in [6, 6.07) is 0. The summed E-state index contributed by atoms with van der Waals surface area (Å²) in [5.41, 5.74) is 0. The molecule has 0 atom stereocenters. The zero-order chi connectivity index (χ0) is 2.00. The van der Waals surface area contributed by atoms with Gasteiger partial charge in [0.25, 0.3) is 0 Å². The van der Waals surface area contributed by atoms with Crippen molar-refractivity contribution in [3.8, 4) is 0 Å². The Morgan fingerprint density at radius 1 is 1.25 bits per heavy atom.